The molecule has 0 bridgehead atoms. The van der Waals surface area contributed by atoms with Crippen LogP contribution in [-0.2, 0) is 6.42 Å². The molecule has 0 radical (unpaired) electrons. The zero-order valence-electron chi connectivity index (χ0n) is 18.9. The molecule has 2 N–H and O–H groups in total. The van der Waals surface area contributed by atoms with Gasteiger partial charge in [0.2, 0.25) is 5.88 Å². The lowest BCUT2D eigenvalue weighted by Crippen LogP contribution is -2.06. The fraction of sp³-hybridized carbons (Fsp3) is 0.138. The number of hydrogen-bond donors (Lipinski definition) is 2. The van der Waals surface area contributed by atoms with E-state index < -0.39 is 6.16 Å². The van der Waals surface area contributed by atoms with Crippen molar-refractivity contribution >= 4 is 27.8 Å². The number of para-hydroxylation sites is 1. The van der Waals surface area contributed by atoms with Crippen molar-refractivity contribution in [2.24, 2.45) is 0 Å². The number of carbonyl (C=O) groups is 1. The predicted molar refractivity (Wildman–Crippen MR) is 135 cm³/mol. The van der Waals surface area contributed by atoms with Crippen molar-refractivity contribution < 1.29 is 19.4 Å². The predicted octanol–water partition coefficient (Wildman–Crippen LogP) is 7.36. The van der Waals surface area contributed by atoms with Gasteiger partial charge in [-0.15, -0.1) is 0 Å². The maximum Gasteiger partial charge on any atom is 0.512 e. The number of aromatic amines is 1. The highest BCUT2D eigenvalue weighted by molar-refractivity contribution is 5.98. The van der Waals surface area contributed by atoms with Crippen molar-refractivity contribution in [1.29, 1.82) is 0 Å². The molecule has 170 valence electrons. The van der Waals surface area contributed by atoms with Crippen LogP contribution >= 0.6 is 0 Å². The van der Waals surface area contributed by atoms with Crippen LogP contribution in [0.15, 0.2) is 84.9 Å². The number of nitrogens with one attached hydrogen (secondary N) is 1. The van der Waals surface area contributed by atoms with Gasteiger partial charge in [0.15, 0.2) is 0 Å². The summed E-state index contributed by atoms with van der Waals surface area (Å²) in [5, 5.41) is 12.5. The smallest absolute Gasteiger partial charge is 0.493 e. The fourth-order valence-electron chi connectivity index (χ4n) is 4.40. The van der Waals surface area contributed by atoms with Gasteiger partial charge in [0.25, 0.3) is 0 Å². The Morgan fingerprint density at radius 3 is 2.44 bits per heavy atom. The summed E-state index contributed by atoms with van der Waals surface area (Å²) in [6.07, 6.45) is -0.0113. The van der Waals surface area contributed by atoms with Crippen LogP contribution in [0.25, 0.3) is 32.8 Å². The Morgan fingerprint density at radius 2 is 1.62 bits per heavy atom. The summed E-state index contributed by atoms with van der Waals surface area (Å²) >= 11 is 0. The fourth-order valence-corrected chi connectivity index (χ4v) is 4.40. The first kappa shape index (κ1) is 21.6. The molecule has 0 saturated heterocycles. The number of aryl methyl sites for hydroxylation is 2. The van der Waals surface area contributed by atoms with Gasteiger partial charge < -0.3 is 19.6 Å². The number of rotatable bonds is 7. The van der Waals surface area contributed by atoms with Crippen LogP contribution in [0.4, 0.5) is 4.79 Å². The minimum absolute atomic E-state index is 0.271. The first-order valence-electron chi connectivity index (χ1n) is 11.3. The third kappa shape index (κ3) is 4.33. The molecule has 0 fully saturated rings. The van der Waals surface area contributed by atoms with Gasteiger partial charge in [-0.25, -0.2) is 4.79 Å². The number of hydrogen-bond acceptors (Lipinski definition) is 3. The molecule has 0 aliphatic heterocycles. The summed E-state index contributed by atoms with van der Waals surface area (Å²) < 4.78 is 11.2. The van der Waals surface area contributed by atoms with Crippen molar-refractivity contribution in [3.63, 3.8) is 0 Å². The summed E-state index contributed by atoms with van der Waals surface area (Å²) in [7, 11) is 0. The van der Waals surface area contributed by atoms with Gasteiger partial charge in [0.05, 0.1) is 12.1 Å². The normalized spacial score (nSPS) is 11.1. The van der Waals surface area contributed by atoms with Crippen LogP contribution in [0.1, 0.15) is 17.5 Å². The minimum Gasteiger partial charge on any atom is -0.493 e. The summed E-state index contributed by atoms with van der Waals surface area (Å²) in [4.78, 5) is 14.6. The molecule has 0 spiro atoms. The van der Waals surface area contributed by atoms with E-state index in [4.69, 9.17) is 9.47 Å². The monoisotopic (exact) mass is 451 g/mol. The second kappa shape index (κ2) is 9.32. The number of ether oxygens (including phenoxy) is 2. The van der Waals surface area contributed by atoms with Crippen LogP contribution in [0.2, 0.25) is 0 Å². The third-order valence-corrected chi connectivity index (χ3v) is 6.03. The Morgan fingerprint density at radius 1 is 0.882 bits per heavy atom. The molecule has 5 aromatic rings. The van der Waals surface area contributed by atoms with Gasteiger partial charge in [-0.05, 0) is 36.8 Å². The Kier molecular flexibility index (Phi) is 5.91. The van der Waals surface area contributed by atoms with E-state index in [9.17, 15) is 9.90 Å². The zero-order chi connectivity index (χ0) is 23.5. The second-order valence-electron chi connectivity index (χ2n) is 8.32. The van der Waals surface area contributed by atoms with Gasteiger partial charge in [0.1, 0.15) is 5.75 Å². The number of benzene rings is 4. The molecule has 0 aliphatic rings. The molecule has 1 heterocycles. The molecule has 5 rings (SSSR count). The van der Waals surface area contributed by atoms with Crippen molar-refractivity contribution in [3.8, 4) is 22.8 Å². The number of H-pyrrole nitrogens is 1. The lowest BCUT2D eigenvalue weighted by molar-refractivity contribution is 0.142. The SMILES string of the molecule is Cc1ccc(-c2cccc3c(CCCOc4cccc5ccccc45)c(OC(=O)O)[nH]c23)cc1. The van der Waals surface area contributed by atoms with Crippen LogP contribution in [0, 0.1) is 6.92 Å². The Balaban J connectivity index is 1.41. The number of aromatic nitrogens is 1. The molecule has 1 aromatic heterocycles. The van der Waals surface area contributed by atoms with E-state index in [1.807, 2.05) is 42.5 Å². The molecule has 0 atom stereocenters. The van der Waals surface area contributed by atoms with Crippen LogP contribution in [-0.4, -0.2) is 22.9 Å². The highest BCUT2D eigenvalue weighted by atomic mass is 16.7. The summed E-state index contributed by atoms with van der Waals surface area (Å²) in [6, 6.07) is 28.5. The third-order valence-electron chi connectivity index (χ3n) is 6.03. The quantitative estimate of drug-likeness (QED) is 0.200. The van der Waals surface area contributed by atoms with Crippen LogP contribution < -0.4 is 9.47 Å². The van der Waals surface area contributed by atoms with Gasteiger partial charge >= 0.3 is 6.16 Å². The molecule has 5 nitrogen and oxygen atoms in total. The number of fused-ring (bicyclic) bond motifs is 2. The molecule has 34 heavy (non-hydrogen) atoms. The maximum atomic E-state index is 11.4. The standard InChI is InChI=1S/C29H25NO4/c1-19-14-16-21(17-15-19)23-10-5-11-24-25(28(30-27(23)24)34-29(31)32)12-6-18-33-26-13-4-8-20-7-2-3-9-22(20)26/h2-5,7-11,13-17,30H,6,12,18H2,1H3,(H,31,32). The van der Waals surface area contributed by atoms with Gasteiger partial charge in [-0.3, -0.25) is 0 Å². The maximum absolute atomic E-state index is 11.4. The van der Waals surface area contributed by atoms with Crippen molar-refractivity contribution in [1.82, 2.24) is 4.98 Å². The molecule has 0 amide bonds. The first-order chi connectivity index (χ1) is 16.6. The highest BCUT2D eigenvalue weighted by Crippen LogP contribution is 2.36. The van der Waals surface area contributed by atoms with Crippen LogP contribution in [0.3, 0.4) is 0 Å². The lowest BCUT2D eigenvalue weighted by Gasteiger charge is -2.10. The topological polar surface area (TPSA) is 71.6 Å². The summed E-state index contributed by atoms with van der Waals surface area (Å²) in [5.74, 6) is 1.12. The second-order valence-corrected chi connectivity index (χ2v) is 8.32. The molecule has 4 aromatic carbocycles. The highest BCUT2D eigenvalue weighted by Gasteiger charge is 2.18. The lowest BCUT2D eigenvalue weighted by atomic mass is 10.00. The van der Waals surface area contributed by atoms with Crippen molar-refractivity contribution in [2.75, 3.05) is 6.61 Å². The van der Waals surface area contributed by atoms with Gasteiger partial charge in [0, 0.05) is 21.9 Å². The Hall–Kier alpha value is -4.25. The van der Waals surface area contributed by atoms with Gasteiger partial charge in [-0.1, -0.05) is 84.4 Å². The largest absolute Gasteiger partial charge is 0.512 e. The zero-order valence-corrected chi connectivity index (χ0v) is 18.9. The van der Waals surface area contributed by atoms with Crippen LogP contribution in [0.5, 0.6) is 11.6 Å². The molecule has 0 saturated carbocycles. The minimum atomic E-state index is -1.34. The van der Waals surface area contributed by atoms with E-state index >= 15 is 0 Å². The molecular formula is C29H25NO4. The average molecular weight is 452 g/mol. The van der Waals surface area contributed by atoms with E-state index in [-0.39, 0.29) is 5.88 Å². The van der Waals surface area contributed by atoms with E-state index in [1.54, 1.807) is 0 Å². The van der Waals surface area contributed by atoms with Crippen molar-refractivity contribution in [2.45, 2.75) is 19.8 Å². The van der Waals surface area contributed by atoms with E-state index in [0.29, 0.717) is 19.4 Å². The van der Waals surface area contributed by atoms with Gasteiger partial charge in [-0.2, -0.15) is 0 Å². The summed E-state index contributed by atoms with van der Waals surface area (Å²) in [6.45, 7) is 2.56. The Labute approximate surface area is 197 Å². The Bertz CT molecular complexity index is 1460. The average Bonchev–Trinajstić information content (AvgIpc) is 3.19. The van der Waals surface area contributed by atoms with E-state index in [0.717, 1.165) is 44.1 Å². The molecule has 5 heteroatoms. The molecular weight excluding hydrogens is 426 g/mol. The number of carboxylic acid groups (broad SMARTS) is 1. The van der Waals surface area contributed by atoms with Crippen molar-refractivity contribution in [3.05, 3.63) is 96.1 Å². The van der Waals surface area contributed by atoms with E-state index in [1.165, 1.54) is 5.56 Å². The summed E-state index contributed by atoms with van der Waals surface area (Å²) in [5.41, 5.74) is 4.96. The first-order valence-corrected chi connectivity index (χ1v) is 11.3. The molecule has 0 aliphatic carbocycles. The molecule has 0 unspecified atom stereocenters. The van der Waals surface area contributed by atoms with E-state index in [2.05, 4.69) is 54.4 Å².